The Kier molecular flexibility index (Phi) is 19.9. The molecule has 22 heavy (non-hydrogen) atoms. The van der Waals surface area contributed by atoms with Gasteiger partial charge in [0.25, 0.3) is 17.3 Å². The van der Waals surface area contributed by atoms with Crippen LogP contribution in [0.3, 0.4) is 0 Å². The van der Waals surface area contributed by atoms with Crippen molar-refractivity contribution in [3.63, 3.8) is 0 Å². The second-order valence-corrected chi connectivity index (χ2v) is 2.44. The molecule has 0 bridgehead atoms. The van der Waals surface area contributed by atoms with Crippen LogP contribution in [0.15, 0.2) is 0 Å². The first-order chi connectivity index (χ1) is 9.54. The first-order valence-electron chi connectivity index (χ1n) is 4.38. The Bertz CT molecular complexity index is 429. The predicted molar refractivity (Wildman–Crippen MR) is 64.3 cm³/mol. The van der Waals surface area contributed by atoms with Gasteiger partial charge in [-0.1, -0.05) is 0 Å². The molecule has 0 fully saturated rings. The van der Waals surface area contributed by atoms with E-state index in [0.717, 1.165) is 0 Å². The zero-order valence-corrected chi connectivity index (χ0v) is 11.4. The van der Waals surface area contributed by atoms with E-state index in [1.807, 2.05) is 0 Å². The third-order valence-corrected chi connectivity index (χ3v) is 1.03. The Morgan fingerprint density at radius 1 is 0.545 bits per heavy atom. The fourth-order valence-corrected chi connectivity index (χ4v) is 0.185. The molecule has 1 radical (unpaired) electrons. The van der Waals surface area contributed by atoms with Gasteiger partial charge in [-0.3, -0.25) is 14.4 Å². The molecule has 0 spiro atoms. The molecule has 0 saturated carbocycles. The van der Waals surface area contributed by atoms with E-state index in [-0.39, 0.29) is 35.4 Å². The number of carboxylic acids is 3. The van der Waals surface area contributed by atoms with Gasteiger partial charge in [0.1, 0.15) is 0 Å². The molecule has 0 unspecified atom stereocenters. The molecule has 0 aliphatic rings. The summed E-state index contributed by atoms with van der Waals surface area (Å²) in [5, 5.41) is 41.3. The molecule has 0 saturated heterocycles. The monoisotopic (exact) mass is 362 g/mol. The molecule has 0 aromatic rings. The number of hydrogen-bond donors (Lipinski definition) is 6. The summed E-state index contributed by atoms with van der Waals surface area (Å²) in [5.74, 6) is -8.35. The number of ketones is 3. The SMILES string of the molecule is N=CC(=O)C(=O)O.N=CC(=O)C(=O)O.N=CC(=O)C(=O)O.[Co]. The van der Waals surface area contributed by atoms with Gasteiger partial charge in [-0.15, -0.1) is 0 Å². The molecule has 13 heteroatoms. The second-order valence-electron chi connectivity index (χ2n) is 2.44. The molecule has 0 aliphatic carbocycles. The van der Waals surface area contributed by atoms with Gasteiger partial charge >= 0.3 is 17.9 Å². The molecule has 0 aromatic heterocycles. The number of carboxylic acid groups (broad SMARTS) is 3. The number of nitrogens with one attached hydrogen (secondary N) is 3. The van der Waals surface area contributed by atoms with Crippen LogP contribution in [0.1, 0.15) is 0 Å². The fourth-order valence-electron chi connectivity index (χ4n) is 0.185. The number of carbonyl (C=O) groups excluding carboxylic acids is 3. The van der Waals surface area contributed by atoms with Gasteiger partial charge in [0.15, 0.2) is 0 Å². The number of carbonyl (C=O) groups is 6. The Balaban J connectivity index is -0.000000108. The molecule has 0 aliphatic heterocycles. The third-order valence-electron chi connectivity index (χ3n) is 1.03. The van der Waals surface area contributed by atoms with E-state index in [4.69, 9.17) is 31.5 Å². The molecule has 0 rings (SSSR count). The quantitative estimate of drug-likeness (QED) is 0.223. The van der Waals surface area contributed by atoms with Crippen LogP contribution in [-0.2, 0) is 45.5 Å². The van der Waals surface area contributed by atoms with Crippen molar-refractivity contribution in [2.24, 2.45) is 0 Å². The van der Waals surface area contributed by atoms with Crippen LogP contribution in [0.4, 0.5) is 0 Å². The summed E-state index contributed by atoms with van der Waals surface area (Å²) in [7, 11) is 0. The molecule has 0 amide bonds. The maximum Gasteiger partial charge on any atom is 0.378 e. The van der Waals surface area contributed by atoms with Crippen molar-refractivity contribution < 1.29 is 60.9 Å². The summed E-state index contributed by atoms with van der Waals surface area (Å²) < 4.78 is 0. The van der Waals surface area contributed by atoms with Crippen molar-refractivity contribution in [3.05, 3.63) is 0 Å². The minimum Gasteiger partial charge on any atom is -0.475 e. The first-order valence-corrected chi connectivity index (χ1v) is 4.38. The van der Waals surface area contributed by atoms with Gasteiger partial charge in [-0.25, -0.2) is 14.4 Å². The van der Waals surface area contributed by atoms with Crippen molar-refractivity contribution in [2.45, 2.75) is 0 Å². The van der Waals surface area contributed by atoms with E-state index in [1.165, 1.54) is 0 Å². The van der Waals surface area contributed by atoms with Crippen LogP contribution in [0.2, 0.25) is 0 Å². The van der Waals surface area contributed by atoms with Crippen LogP contribution in [0, 0.1) is 16.2 Å². The second kappa shape index (κ2) is 16.0. The minimum atomic E-state index is -1.59. The molecular weight excluding hydrogens is 353 g/mol. The minimum absolute atomic E-state index is 0. The molecule has 6 N–H and O–H groups in total. The van der Waals surface area contributed by atoms with Crippen molar-refractivity contribution in [3.8, 4) is 0 Å². The molecule has 0 aromatic carbocycles. The Hall–Kier alpha value is -3.06. The Morgan fingerprint density at radius 2 is 0.682 bits per heavy atom. The number of aliphatic carboxylic acids is 3. The molecule has 12 nitrogen and oxygen atoms in total. The van der Waals surface area contributed by atoms with Crippen LogP contribution < -0.4 is 0 Å². The topological polar surface area (TPSA) is 235 Å². The maximum atomic E-state index is 9.67. The van der Waals surface area contributed by atoms with Crippen LogP contribution in [-0.4, -0.2) is 69.2 Å². The zero-order chi connectivity index (χ0) is 17.6. The summed E-state index contributed by atoms with van der Waals surface area (Å²) in [6.07, 6.45) is 0.757. The zero-order valence-electron chi connectivity index (χ0n) is 10.4. The molecule has 0 heterocycles. The van der Waals surface area contributed by atoms with Gasteiger partial charge < -0.3 is 31.5 Å². The van der Waals surface area contributed by atoms with Gasteiger partial charge in [0.05, 0.1) is 18.6 Å². The Labute approximate surface area is 131 Å². The normalized spacial score (nSPS) is 7.09. The molecule has 123 valence electrons. The molecular formula is C9H9CoN3O9. The summed E-state index contributed by atoms with van der Waals surface area (Å²) in [5.41, 5.74) is 0. The smallest absolute Gasteiger partial charge is 0.378 e. The van der Waals surface area contributed by atoms with Gasteiger partial charge in [0, 0.05) is 16.8 Å². The summed E-state index contributed by atoms with van der Waals surface area (Å²) in [6.45, 7) is 0. The number of rotatable bonds is 6. The van der Waals surface area contributed by atoms with E-state index >= 15 is 0 Å². The van der Waals surface area contributed by atoms with E-state index in [1.54, 1.807) is 0 Å². The van der Waals surface area contributed by atoms with E-state index in [2.05, 4.69) is 0 Å². The maximum absolute atomic E-state index is 9.67. The van der Waals surface area contributed by atoms with Crippen molar-refractivity contribution in [1.29, 1.82) is 16.2 Å². The predicted octanol–water partition coefficient (Wildman–Crippen LogP) is -2.13. The average Bonchev–Trinajstić information content (AvgIpc) is 2.45. The van der Waals surface area contributed by atoms with Crippen LogP contribution in [0.5, 0.6) is 0 Å². The standard InChI is InChI=1S/3C3H3NO3.Co/c3*4-1-2(5)3(6)7;/h3*1,4H,(H,6,7);. The van der Waals surface area contributed by atoms with Gasteiger partial charge in [0.2, 0.25) is 0 Å². The van der Waals surface area contributed by atoms with Crippen molar-refractivity contribution >= 4 is 53.9 Å². The number of hydrogen-bond acceptors (Lipinski definition) is 9. The van der Waals surface area contributed by atoms with Crippen LogP contribution >= 0.6 is 0 Å². The van der Waals surface area contributed by atoms with Gasteiger partial charge in [-0.05, 0) is 0 Å². The average molecular weight is 362 g/mol. The number of Topliss-reactive ketones (excluding diaryl/α,β-unsaturated/α-hetero) is 3. The van der Waals surface area contributed by atoms with Crippen molar-refractivity contribution in [2.75, 3.05) is 0 Å². The first kappa shape index (κ1) is 27.3. The van der Waals surface area contributed by atoms with Gasteiger partial charge in [-0.2, -0.15) is 0 Å². The summed E-state index contributed by atoms with van der Waals surface area (Å²) in [4.78, 5) is 57.3. The third kappa shape index (κ3) is 19.3. The Morgan fingerprint density at radius 3 is 0.682 bits per heavy atom. The summed E-state index contributed by atoms with van der Waals surface area (Å²) >= 11 is 0. The van der Waals surface area contributed by atoms with E-state index in [0.29, 0.717) is 0 Å². The van der Waals surface area contributed by atoms with Crippen molar-refractivity contribution in [1.82, 2.24) is 0 Å². The van der Waals surface area contributed by atoms with E-state index < -0.39 is 35.3 Å². The molecule has 0 atom stereocenters. The van der Waals surface area contributed by atoms with E-state index in [9.17, 15) is 28.8 Å². The fraction of sp³-hybridized carbons (Fsp3) is 0. The summed E-state index contributed by atoms with van der Waals surface area (Å²) in [6, 6.07) is 0. The van der Waals surface area contributed by atoms with Crippen LogP contribution in [0.25, 0.3) is 0 Å². The largest absolute Gasteiger partial charge is 0.475 e.